The molecule has 3 N–H and O–H groups in total. The van der Waals surface area contributed by atoms with E-state index in [9.17, 15) is 18.3 Å². The van der Waals surface area contributed by atoms with Crippen molar-refractivity contribution >= 4 is 67.6 Å². The number of rotatable bonds is 8. The summed E-state index contributed by atoms with van der Waals surface area (Å²) in [5.41, 5.74) is 1.59. The van der Waals surface area contributed by atoms with Crippen molar-refractivity contribution in [2.45, 2.75) is 17.4 Å². The third-order valence-corrected chi connectivity index (χ3v) is 7.39. The number of aliphatic hydroxyl groups is 1. The molecule has 0 bridgehead atoms. The van der Waals surface area contributed by atoms with Crippen LogP contribution >= 0.6 is 34.9 Å². The van der Waals surface area contributed by atoms with Crippen LogP contribution in [0.15, 0.2) is 65.6 Å². The normalized spacial score (nSPS) is 12.4. The van der Waals surface area contributed by atoms with E-state index in [1.165, 1.54) is 24.3 Å². The van der Waals surface area contributed by atoms with Crippen molar-refractivity contribution < 1.29 is 18.3 Å². The first kappa shape index (κ1) is 24.4. The van der Waals surface area contributed by atoms with Gasteiger partial charge >= 0.3 is 0 Å². The predicted molar refractivity (Wildman–Crippen MR) is 133 cm³/mol. The Labute approximate surface area is 209 Å². The number of amides is 1. The maximum atomic E-state index is 13.1. The standard InChI is InChI=1S/C22H18Cl2N4O4S2/c23-14-6-4-13(5-7-14)10-16(12-29)25-22(30)17-9-8-15(24)11-19(17)28-34(31,32)20-3-1-2-18-21(20)27-33-26-18/h1-9,11,16,28-29H,10,12H2,(H,25,30). The number of carbonyl (C=O) groups excluding carboxylic acids is 1. The number of aliphatic hydroxyl groups excluding tert-OH is 1. The quantitative estimate of drug-likeness (QED) is 0.311. The molecule has 12 heteroatoms. The molecule has 0 radical (unpaired) electrons. The van der Waals surface area contributed by atoms with Gasteiger partial charge in [-0.25, -0.2) is 8.42 Å². The number of halogens is 2. The van der Waals surface area contributed by atoms with Crippen LogP contribution in [-0.2, 0) is 16.4 Å². The summed E-state index contributed by atoms with van der Waals surface area (Å²) in [5.74, 6) is -0.573. The van der Waals surface area contributed by atoms with Crippen LogP contribution in [0.25, 0.3) is 11.0 Å². The summed E-state index contributed by atoms with van der Waals surface area (Å²) < 4.78 is 36.9. The van der Waals surface area contributed by atoms with E-state index in [-0.39, 0.29) is 33.3 Å². The third-order valence-electron chi connectivity index (χ3n) is 4.96. The molecule has 0 aliphatic carbocycles. The maximum absolute atomic E-state index is 13.1. The van der Waals surface area contributed by atoms with Crippen molar-refractivity contribution in [3.05, 3.63) is 81.8 Å². The molecule has 1 amide bonds. The molecule has 4 aromatic rings. The number of hydrogen-bond donors (Lipinski definition) is 3. The molecule has 4 rings (SSSR count). The fourth-order valence-electron chi connectivity index (χ4n) is 3.33. The molecule has 176 valence electrons. The molecule has 0 aliphatic heterocycles. The highest BCUT2D eigenvalue weighted by Crippen LogP contribution is 2.27. The Morgan fingerprint density at radius 3 is 2.50 bits per heavy atom. The lowest BCUT2D eigenvalue weighted by Gasteiger charge is -2.18. The average Bonchev–Trinajstić information content (AvgIpc) is 3.28. The van der Waals surface area contributed by atoms with Crippen LogP contribution in [0.2, 0.25) is 10.0 Å². The van der Waals surface area contributed by atoms with Crippen molar-refractivity contribution in [1.29, 1.82) is 0 Å². The Morgan fingerprint density at radius 1 is 1.03 bits per heavy atom. The summed E-state index contributed by atoms with van der Waals surface area (Å²) in [7, 11) is -4.12. The molecule has 0 fully saturated rings. The summed E-state index contributed by atoms with van der Waals surface area (Å²) >= 11 is 12.9. The molecule has 8 nitrogen and oxygen atoms in total. The zero-order chi connectivity index (χ0) is 24.3. The number of hydrogen-bond acceptors (Lipinski definition) is 7. The average molecular weight is 537 g/mol. The Morgan fingerprint density at radius 2 is 1.76 bits per heavy atom. The number of aromatic nitrogens is 2. The minimum absolute atomic E-state index is 0.00613. The molecule has 0 aliphatic rings. The van der Waals surface area contributed by atoms with Gasteiger partial charge in [-0.15, -0.1) is 0 Å². The van der Waals surface area contributed by atoms with Crippen LogP contribution in [0.5, 0.6) is 0 Å². The number of anilines is 1. The molecule has 1 aromatic heterocycles. The lowest BCUT2D eigenvalue weighted by Crippen LogP contribution is -2.39. The number of fused-ring (bicyclic) bond motifs is 1. The Kier molecular flexibility index (Phi) is 7.34. The SMILES string of the molecule is O=C(NC(CO)Cc1ccc(Cl)cc1)c1ccc(Cl)cc1NS(=O)(=O)c1cccc2nsnc12. The van der Waals surface area contributed by atoms with Crippen LogP contribution in [0.1, 0.15) is 15.9 Å². The summed E-state index contributed by atoms with van der Waals surface area (Å²) in [6.45, 7) is -0.318. The first-order chi connectivity index (χ1) is 16.3. The van der Waals surface area contributed by atoms with E-state index in [2.05, 4.69) is 18.8 Å². The second-order valence-electron chi connectivity index (χ2n) is 7.37. The van der Waals surface area contributed by atoms with Gasteiger partial charge in [-0.3, -0.25) is 9.52 Å². The van der Waals surface area contributed by atoms with E-state index in [0.29, 0.717) is 17.0 Å². The van der Waals surface area contributed by atoms with Gasteiger partial charge in [0.05, 0.1) is 35.6 Å². The first-order valence-electron chi connectivity index (χ1n) is 9.96. The zero-order valence-electron chi connectivity index (χ0n) is 17.4. The van der Waals surface area contributed by atoms with Crippen LogP contribution in [0.3, 0.4) is 0 Å². The molecule has 1 atom stereocenters. The van der Waals surface area contributed by atoms with Gasteiger partial charge in [0, 0.05) is 10.0 Å². The highest BCUT2D eigenvalue weighted by Gasteiger charge is 2.23. The van der Waals surface area contributed by atoms with Gasteiger partial charge in [0.1, 0.15) is 15.9 Å². The van der Waals surface area contributed by atoms with Gasteiger partial charge in [-0.1, -0.05) is 41.4 Å². The monoisotopic (exact) mass is 536 g/mol. The first-order valence-corrected chi connectivity index (χ1v) is 12.9. The van der Waals surface area contributed by atoms with Gasteiger partial charge in [0.15, 0.2) is 0 Å². The highest BCUT2D eigenvalue weighted by molar-refractivity contribution is 7.93. The fraction of sp³-hybridized carbons (Fsp3) is 0.136. The van der Waals surface area contributed by atoms with Gasteiger partial charge in [0.25, 0.3) is 15.9 Å². The van der Waals surface area contributed by atoms with Crippen molar-refractivity contribution in [1.82, 2.24) is 14.1 Å². The molecule has 0 saturated heterocycles. The molecule has 3 aromatic carbocycles. The van der Waals surface area contributed by atoms with Gasteiger partial charge < -0.3 is 10.4 Å². The van der Waals surface area contributed by atoms with Gasteiger partial charge in [-0.05, 0) is 54.4 Å². The minimum Gasteiger partial charge on any atom is -0.394 e. The minimum atomic E-state index is -4.12. The number of sulfonamides is 1. The molecular formula is C22H18Cl2N4O4S2. The number of benzene rings is 3. The van der Waals surface area contributed by atoms with Gasteiger partial charge in [-0.2, -0.15) is 8.75 Å². The summed E-state index contributed by atoms with van der Waals surface area (Å²) in [6, 6.07) is 15.3. The van der Waals surface area contributed by atoms with Crippen molar-refractivity contribution in [2.75, 3.05) is 11.3 Å². The van der Waals surface area contributed by atoms with Crippen molar-refractivity contribution in [3.8, 4) is 0 Å². The van der Waals surface area contributed by atoms with E-state index >= 15 is 0 Å². The van der Waals surface area contributed by atoms with Gasteiger partial charge in [0.2, 0.25) is 0 Å². The molecule has 0 saturated carbocycles. The van der Waals surface area contributed by atoms with Crippen LogP contribution in [0.4, 0.5) is 5.69 Å². The van der Waals surface area contributed by atoms with E-state index in [1.54, 1.807) is 36.4 Å². The fourth-order valence-corrected chi connectivity index (χ4v) is 5.46. The Bertz CT molecular complexity index is 1440. The molecular weight excluding hydrogens is 519 g/mol. The number of nitrogens with one attached hydrogen (secondary N) is 2. The largest absolute Gasteiger partial charge is 0.394 e. The van der Waals surface area contributed by atoms with E-state index in [1.807, 2.05) is 0 Å². The summed E-state index contributed by atoms with van der Waals surface area (Å²) in [5, 5.41) is 13.3. The number of carbonyl (C=O) groups is 1. The lowest BCUT2D eigenvalue weighted by atomic mass is 10.1. The highest BCUT2D eigenvalue weighted by atomic mass is 35.5. The third kappa shape index (κ3) is 5.48. The summed E-state index contributed by atoms with van der Waals surface area (Å²) in [4.78, 5) is 13.0. The maximum Gasteiger partial charge on any atom is 0.264 e. The molecule has 0 spiro atoms. The molecule has 34 heavy (non-hydrogen) atoms. The summed E-state index contributed by atoms with van der Waals surface area (Å²) in [6.07, 6.45) is 0.354. The van der Waals surface area contributed by atoms with E-state index < -0.39 is 22.0 Å². The van der Waals surface area contributed by atoms with E-state index in [0.717, 1.165) is 17.3 Å². The Hall–Kier alpha value is -2.76. The second-order valence-corrected chi connectivity index (χ2v) is 10.4. The van der Waals surface area contributed by atoms with Crippen LogP contribution in [-0.4, -0.2) is 40.8 Å². The second kappa shape index (κ2) is 10.2. The lowest BCUT2D eigenvalue weighted by molar-refractivity contribution is 0.0917. The molecule has 1 heterocycles. The van der Waals surface area contributed by atoms with E-state index in [4.69, 9.17) is 23.2 Å². The van der Waals surface area contributed by atoms with Crippen LogP contribution in [0, 0.1) is 0 Å². The smallest absolute Gasteiger partial charge is 0.264 e. The van der Waals surface area contributed by atoms with Crippen molar-refractivity contribution in [2.24, 2.45) is 0 Å². The van der Waals surface area contributed by atoms with Crippen LogP contribution < -0.4 is 10.0 Å². The number of nitrogens with zero attached hydrogens (tertiary/aromatic N) is 2. The predicted octanol–water partition coefficient (Wildman–Crippen LogP) is 4.13. The molecule has 1 unspecified atom stereocenters. The zero-order valence-corrected chi connectivity index (χ0v) is 20.5. The van der Waals surface area contributed by atoms with Crippen molar-refractivity contribution in [3.63, 3.8) is 0 Å². The topological polar surface area (TPSA) is 121 Å². The Balaban J connectivity index is 1.59.